The highest BCUT2D eigenvalue weighted by atomic mass is 19.1. The van der Waals surface area contributed by atoms with E-state index in [1.165, 1.54) is 17.7 Å². The summed E-state index contributed by atoms with van der Waals surface area (Å²) in [5, 5.41) is 0. The van der Waals surface area contributed by atoms with Gasteiger partial charge in [0, 0.05) is 6.42 Å². The van der Waals surface area contributed by atoms with E-state index in [0.29, 0.717) is 0 Å². The molecule has 0 fully saturated rings. The molecule has 2 aromatic rings. The van der Waals surface area contributed by atoms with Gasteiger partial charge in [0.2, 0.25) is 0 Å². The van der Waals surface area contributed by atoms with Gasteiger partial charge in [-0.3, -0.25) is 0 Å². The second-order valence-corrected chi connectivity index (χ2v) is 6.38. The van der Waals surface area contributed by atoms with Gasteiger partial charge in [0.1, 0.15) is 17.2 Å². The van der Waals surface area contributed by atoms with Crippen LogP contribution in [-0.4, -0.2) is 5.60 Å². The molecule has 1 unspecified atom stereocenters. The molecule has 0 amide bonds. The van der Waals surface area contributed by atoms with E-state index in [1.54, 1.807) is 6.07 Å². The van der Waals surface area contributed by atoms with Gasteiger partial charge in [-0.15, -0.1) is 0 Å². The van der Waals surface area contributed by atoms with E-state index >= 15 is 0 Å². The van der Waals surface area contributed by atoms with Gasteiger partial charge in [-0.2, -0.15) is 0 Å². The number of aryl methyl sites for hydroxylation is 1. The summed E-state index contributed by atoms with van der Waals surface area (Å²) < 4.78 is 19.1. The fraction of sp³-hybridized carbons (Fsp3) is 0.333. The van der Waals surface area contributed by atoms with Crippen molar-refractivity contribution in [2.45, 2.75) is 38.8 Å². The van der Waals surface area contributed by atoms with Crippen LogP contribution in [0.15, 0.2) is 36.4 Å². The predicted octanol–water partition coefficient (Wildman–Crippen LogP) is 3.90. The molecule has 0 radical (unpaired) electrons. The summed E-state index contributed by atoms with van der Waals surface area (Å²) in [4.78, 5) is 0. The monoisotopic (exact) mass is 285 g/mol. The van der Waals surface area contributed by atoms with E-state index in [1.807, 2.05) is 19.1 Å². The van der Waals surface area contributed by atoms with Crippen molar-refractivity contribution < 1.29 is 9.13 Å². The van der Waals surface area contributed by atoms with Crippen LogP contribution < -0.4 is 10.5 Å². The van der Waals surface area contributed by atoms with Crippen molar-refractivity contribution in [2.75, 3.05) is 0 Å². The minimum Gasteiger partial charge on any atom is -0.487 e. The van der Waals surface area contributed by atoms with E-state index in [0.717, 1.165) is 28.9 Å². The third kappa shape index (κ3) is 2.66. The number of hydrogen-bond donors (Lipinski definition) is 1. The summed E-state index contributed by atoms with van der Waals surface area (Å²) >= 11 is 0. The molecule has 2 aromatic carbocycles. The van der Waals surface area contributed by atoms with Crippen LogP contribution in [0.3, 0.4) is 0 Å². The summed E-state index contributed by atoms with van der Waals surface area (Å²) in [6.45, 7) is 6.05. The molecule has 1 aliphatic rings. The number of nitrogens with two attached hydrogens (primary N) is 1. The average molecular weight is 285 g/mol. The first kappa shape index (κ1) is 14.1. The van der Waals surface area contributed by atoms with E-state index in [-0.39, 0.29) is 17.5 Å². The minimum atomic E-state index is -0.250. The molecule has 1 heterocycles. The van der Waals surface area contributed by atoms with Gasteiger partial charge >= 0.3 is 0 Å². The fourth-order valence-corrected chi connectivity index (χ4v) is 2.99. The molecule has 3 rings (SSSR count). The largest absolute Gasteiger partial charge is 0.487 e. The van der Waals surface area contributed by atoms with Crippen LogP contribution in [0.4, 0.5) is 4.39 Å². The van der Waals surface area contributed by atoms with Gasteiger partial charge in [-0.05, 0) is 61.2 Å². The third-order valence-corrected chi connectivity index (χ3v) is 4.01. The standard InChI is InChI=1S/C18H20FNO/c1-11-8-14(19)5-6-15(11)17(20)12-4-7-16-13(9-12)10-18(2,3)21-16/h4-9,17H,10,20H2,1-3H3. The molecule has 2 N–H and O–H groups in total. The van der Waals surface area contributed by atoms with Crippen molar-refractivity contribution in [2.24, 2.45) is 5.73 Å². The first-order valence-electron chi connectivity index (χ1n) is 7.19. The summed E-state index contributed by atoms with van der Waals surface area (Å²) in [5.74, 6) is 0.708. The van der Waals surface area contributed by atoms with Crippen LogP contribution in [0.2, 0.25) is 0 Å². The Balaban J connectivity index is 1.95. The smallest absolute Gasteiger partial charge is 0.123 e. The molecule has 1 aliphatic heterocycles. The Morgan fingerprint density at radius 2 is 1.95 bits per heavy atom. The summed E-state index contributed by atoms with van der Waals surface area (Å²) in [6.07, 6.45) is 0.880. The van der Waals surface area contributed by atoms with Gasteiger partial charge < -0.3 is 10.5 Å². The van der Waals surface area contributed by atoms with Crippen LogP contribution in [0, 0.1) is 12.7 Å². The first-order chi connectivity index (χ1) is 9.85. The first-order valence-corrected chi connectivity index (χ1v) is 7.19. The number of rotatable bonds is 2. The molecule has 0 saturated heterocycles. The van der Waals surface area contributed by atoms with Crippen LogP contribution in [0.25, 0.3) is 0 Å². The van der Waals surface area contributed by atoms with Crippen LogP contribution in [0.1, 0.15) is 42.1 Å². The Bertz CT molecular complexity index is 694. The number of fused-ring (bicyclic) bond motifs is 1. The molecule has 3 heteroatoms. The van der Waals surface area contributed by atoms with Gasteiger partial charge in [0.05, 0.1) is 6.04 Å². The Labute approximate surface area is 124 Å². The third-order valence-electron chi connectivity index (χ3n) is 4.01. The van der Waals surface area contributed by atoms with Crippen LogP contribution in [-0.2, 0) is 6.42 Å². The molecule has 0 aromatic heterocycles. The Morgan fingerprint density at radius 1 is 1.19 bits per heavy atom. The number of hydrogen-bond acceptors (Lipinski definition) is 2. The fourth-order valence-electron chi connectivity index (χ4n) is 2.99. The van der Waals surface area contributed by atoms with Gasteiger partial charge in [0.15, 0.2) is 0 Å². The number of benzene rings is 2. The number of halogens is 1. The molecule has 0 aliphatic carbocycles. The maximum atomic E-state index is 13.2. The molecule has 0 saturated carbocycles. The zero-order valence-corrected chi connectivity index (χ0v) is 12.6. The van der Waals surface area contributed by atoms with E-state index in [9.17, 15) is 4.39 Å². The van der Waals surface area contributed by atoms with Crippen LogP contribution in [0.5, 0.6) is 5.75 Å². The summed E-state index contributed by atoms with van der Waals surface area (Å²) in [5.41, 5.74) is 10.3. The maximum Gasteiger partial charge on any atom is 0.123 e. The van der Waals surface area contributed by atoms with E-state index in [4.69, 9.17) is 10.5 Å². The molecular formula is C18H20FNO. The lowest BCUT2D eigenvalue weighted by atomic mass is 9.93. The lowest BCUT2D eigenvalue weighted by molar-refractivity contribution is 0.138. The predicted molar refractivity (Wildman–Crippen MR) is 82.0 cm³/mol. The maximum absolute atomic E-state index is 13.2. The van der Waals surface area contributed by atoms with Crippen molar-refractivity contribution in [1.29, 1.82) is 0 Å². The lowest BCUT2D eigenvalue weighted by Crippen LogP contribution is -2.24. The average Bonchev–Trinajstić information content (AvgIpc) is 2.70. The number of ether oxygens (including phenoxy) is 1. The van der Waals surface area contributed by atoms with Crippen molar-refractivity contribution in [3.8, 4) is 5.75 Å². The molecule has 0 spiro atoms. The van der Waals surface area contributed by atoms with Crippen molar-refractivity contribution in [3.63, 3.8) is 0 Å². The van der Waals surface area contributed by atoms with Gasteiger partial charge in [-0.25, -0.2) is 4.39 Å². The molecule has 21 heavy (non-hydrogen) atoms. The summed E-state index contributed by atoms with van der Waals surface area (Å²) in [6, 6.07) is 10.6. The SMILES string of the molecule is Cc1cc(F)ccc1C(N)c1ccc2c(c1)CC(C)(C)O2. The topological polar surface area (TPSA) is 35.2 Å². The second-order valence-electron chi connectivity index (χ2n) is 6.38. The van der Waals surface area contributed by atoms with Gasteiger partial charge in [-0.1, -0.05) is 18.2 Å². The highest BCUT2D eigenvalue weighted by Crippen LogP contribution is 2.37. The molecular weight excluding hydrogens is 265 g/mol. The zero-order chi connectivity index (χ0) is 15.2. The molecule has 1 atom stereocenters. The Hall–Kier alpha value is -1.87. The Kier molecular flexibility index (Phi) is 3.25. The minimum absolute atomic E-state index is 0.156. The van der Waals surface area contributed by atoms with E-state index in [2.05, 4.69) is 19.9 Å². The lowest BCUT2D eigenvalue weighted by Gasteiger charge is -2.16. The molecule has 110 valence electrons. The van der Waals surface area contributed by atoms with Crippen molar-refractivity contribution >= 4 is 0 Å². The quantitative estimate of drug-likeness (QED) is 0.908. The van der Waals surface area contributed by atoms with Crippen LogP contribution >= 0.6 is 0 Å². The highest BCUT2D eigenvalue weighted by molar-refractivity contribution is 5.45. The molecule has 0 bridgehead atoms. The zero-order valence-electron chi connectivity index (χ0n) is 12.6. The molecule has 2 nitrogen and oxygen atoms in total. The highest BCUT2D eigenvalue weighted by Gasteiger charge is 2.30. The van der Waals surface area contributed by atoms with Crippen molar-refractivity contribution in [1.82, 2.24) is 0 Å². The normalized spacial score (nSPS) is 17.2. The van der Waals surface area contributed by atoms with Gasteiger partial charge in [0.25, 0.3) is 0 Å². The van der Waals surface area contributed by atoms with E-state index < -0.39 is 0 Å². The van der Waals surface area contributed by atoms with Crippen molar-refractivity contribution in [3.05, 3.63) is 64.5 Å². The Morgan fingerprint density at radius 3 is 2.67 bits per heavy atom. The second kappa shape index (κ2) is 4.85. The summed E-state index contributed by atoms with van der Waals surface area (Å²) in [7, 11) is 0.